The van der Waals surface area contributed by atoms with Crippen molar-refractivity contribution >= 4 is 39.2 Å². The molecule has 0 fully saturated rings. The molecule has 6 nitrogen and oxygen atoms in total. The fourth-order valence-corrected chi connectivity index (χ4v) is 4.22. The van der Waals surface area contributed by atoms with Crippen LogP contribution in [0.15, 0.2) is 54.6 Å². The number of aryl methyl sites for hydroxylation is 2. The molecular formula is C24H21N3O3S. The number of nitrogens with one attached hydrogen (secondary N) is 1. The Kier molecular flexibility index (Phi) is 5.77. The minimum Gasteiger partial charge on any atom is -0.462 e. The number of benzene rings is 2. The molecule has 1 N–H and O–H groups in total. The number of hydrogen-bond donors (Lipinski definition) is 1. The second-order valence-electron chi connectivity index (χ2n) is 7.00. The zero-order valence-corrected chi connectivity index (χ0v) is 18.2. The molecule has 0 aliphatic heterocycles. The molecule has 1 amide bonds. The first-order valence-electron chi connectivity index (χ1n) is 9.89. The van der Waals surface area contributed by atoms with Crippen LogP contribution in [-0.4, -0.2) is 28.5 Å². The Morgan fingerprint density at radius 2 is 1.77 bits per heavy atom. The predicted molar refractivity (Wildman–Crippen MR) is 123 cm³/mol. The molecular weight excluding hydrogens is 410 g/mol. The number of hydrogen-bond acceptors (Lipinski definition) is 6. The number of fused-ring (bicyclic) bond motifs is 1. The number of anilines is 1. The number of aromatic nitrogens is 2. The molecule has 156 valence electrons. The quantitative estimate of drug-likeness (QED) is 0.428. The Labute approximate surface area is 183 Å². The van der Waals surface area contributed by atoms with Crippen LogP contribution in [0.1, 0.15) is 38.2 Å². The van der Waals surface area contributed by atoms with Gasteiger partial charge in [0, 0.05) is 10.9 Å². The maximum atomic E-state index is 13.2. The van der Waals surface area contributed by atoms with Gasteiger partial charge in [-0.25, -0.2) is 14.8 Å². The lowest BCUT2D eigenvalue weighted by molar-refractivity contribution is 0.0531. The van der Waals surface area contributed by atoms with Crippen LogP contribution >= 0.6 is 11.3 Å². The van der Waals surface area contributed by atoms with Crippen LogP contribution in [0.5, 0.6) is 0 Å². The Balaban J connectivity index is 1.74. The van der Waals surface area contributed by atoms with Crippen LogP contribution in [0.2, 0.25) is 0 Å². The lowest BCUT2D eigenvalue weighted by Gasteiger charge is -2.11. The first-order valence-corrected chi connectivity index (χ1v) is 10.7. The summed E-state index contributed by atoms with van der Waals surface area (Å²) in [4.78, 5) is 34.8. The summed E-state index contributed by atoms with van der Waals surface area (Å²) >= 11 is 1.11. The number of carbonyl (C=O) groups excluding carboxylic acids is 2. The SMILES string of the molecule is CCOC(=O)c1sc(NC(=O)c2cc(-c3ccccc3C)nc3ccccc23)nc1C. The minimum absolute atomic E-state index is 0.280. The third-order valence-electron chi connectivity index (χ3n) is 4.86. The number of rotatable bonds is 5. The number of esters is 1. The van der Waals surface area contributed by atoms with Crippen molar-refractivity contribution < 1.29 is 14.3 Å². The van der Waals surface area contributed by atoms with E-state index in [0.29, 0.717) is 21.3 Å². The van der Waals surface area contributed by atoms with Gasteiger partial charge in [-0.05, 0) is 38.5 Å². The summed E-state index contributed by atoms with van der Waals surface area (Å²) in [6, 6.07) is 17.3. The first kappa shape index (κ1) is 20.7. The molecule has 4 rings (SSSR count). The van der Waals surface area contributed by atoms with Gasteiger partial charge >= 0.3 is 5.97 Å². The maximum Gasteiger partial charge on any atom is 0.350 e. The van der Waals surface area contributed by atoms with Crippen LogP contribution in [0.4, 0.5) is 5.13 Å². The van der Waals surface area contributed by atoms with Crippen molar-refractivity contribution in [3.8, 4) is 11.3 Å². The van der Waals surface area contributed by atoms with Crippen LogP contribution < -0.4 is 5.32 Å². The number of para-hydroxylation sites is 1. The third-order valence-corrected chi connectivity index (χ3v) is 5.91. The number of amides is 1. The summed E-state index contributed by atoms with van der Waals surface area (Å²) in [6.45, 7) is 5.76. The molecule has 4 aromatic rings. The molecule has 31 heavy (non-hydrogen) atoms. The predicted octanol–water partition coefficient (Wildman–Crippen LogP) is 5.40. The Bertz CT molecular complexity index is 1300. The fraction of sp³-hybridized carbons (Fsp3) is 0.167. The highest BCUT2D eigenvalue weighted by Gasteiger charge is 2.20. The average Bonchev–Trinajstić information content (AvgIpc) is 3.13. The van der Waals surface area contributed by atoms with E-state index in [2.05, 4.69) is 10.3 Å². The molecule has 7 heteroatoms. The molecule has 0 unspecified atom stereocenters. The molecule has 0 atom stereocenters. The summed E-state index contributed by atoms with van der Waals surface area (Å²) in [6.07, 6.45) is 0. The Hall–Kier alpha value is -3.58. The zero-order valence-electron chi connectivity index (χ0n) is 17.4. The third kappa shape index (κ3) is 4.18. The largest absolute Gasteiger partial charge is 0.462 e. The van der Waals surface area contributed by atoms with E-state index in [0.717, 1.165) is 39.1 Å². The number of pyridine rings is 1. The summed E-state index contributed by atoms with van der Waals surface area (Å²) in [7, 11) is 0. The lowest BCUT2D eigenvalue weighted by Crippen LogP contribution is -2.13. The van der Waals surface area contributed by atoms with Crippen LogP contribution in [-0.2, 0) is 4.74 Å². The number of carbonyl (C=O) groups is 2. The van der Waals surface area contributed by atoms with E-state index in [-0.39, 0.29) is 12.5 Å². The molecule has 0 aliphatic carbocycles. The molecule has 0 spiro atoms. The van der Waals surface area contributed by atoms with Gasteiger partial charge in [0.15, 0.2) is 5.13 Å². The minimum atomic E-state index is -0.436. The number of ether oxygens (including phenoxy) is 1. The number of nitrogens with zero attached hydrogens (tertiary/aromatic N) is 2. The van der Waals surface area contributed by atoms with Crippen molar-refractivity contribution in [1.82, 2.24) is 9.97 Å². The zero-order chi connectivity index (χ0) is 22.0. The first-order chi connectivity index (χ1) is 15.0. The summed E-state index contributed by atoms with van der Waals surface area (Å²) in [5.41, 5.74) is 4.53. The van der Waals surface area contributed by atoms with Crippen LogP contribution in [0, 0.1) is 13.8 Å². The van der Waals surface area contributed by atoms with Gasteiger partial charge < -0.3 is 4.74 Å². The summed E-state index contributed by atoms with van der Waals surface area (Å²) in [5.74, 6) is -0.744. The van der Waals surface area contributed by atoms with E-state index in [1.54, 1.807) is 19.9 Å². The van der Waals surface area contributed by atoms with Gasteiger partial charge in [-0.1, -0.05) is 53.8 Å². The summed E-state index contributed by atoms with van der Waals surface area (Å²) < 4.78 is 5.06. The van der Waals surface area contributed by atoms with E-state index in [1.165, 1.54) is 0 Å². The molecule has 2 heterocycles. The van der Waals surface area contributed by atoms with E-state index >= 15 is 0 Å². The monoisotopic (exact) mass is 431 g/mol. The highest BCUT2D eigenvalue weighted by molar-refractivity contribution is 7.17. The standard InChI is InChI=1S/C24H21N3O3S/c1-4-30-23(29)21-15(3)25-24(31-21)27-22(28)18-13-20(16-10-6-5-9-14(16)2)26-19-12-8-7-11-17(18)19/h5-13H,4H2,1-3H3,(H,25,27,28). The Morgan fingerprint density at radius 3 is 2.55 bits per heavy atom. The number of thiazole rings is 1. The maximum absolute atomic E-state index is 13.2. The summed E-state index contributed by atoms with van der Waals surface area (Å²) in [5, 5.41) is 3.93. The van der Waals surface area contributed by atoms with Gasteiger partial charge in [0.2, 0.25) is 0 Å². The van der Waals surface area contributed by atoms with Crippen LogP contribution in [0.3, 0.4) is 0 Å². The van der Waals surface area contributed by atoms with Gasteiger partial charge in [0.25, 0.3) is 5.91 Å². The van der Waals surface area contributed by atoms with Crippen molar-refractivity contribution in [2.45, 2.75) is 20.8 Å². The highest BCUT2D eigenvalue weighted by Crippen LogP contribution is 2.29. The van der Waals surface area contributed by atoms with Crippen molar-refractivity contribution in [3.63, 3.8) is 0 Å². The highest BCUT2D eigenvalue weighted by atomic mass is 32.1. The Morgan fingerprint density at radius 1 is 1.03 bits per heavy atom. The van der Waals surface area contributed by atoms with Crippen molar-refractivity contribution in [2.75, 3.05) is 11.9 Å². The van der Waals surface area contributed by atoms with E-state index in [9.17, 15) is 9.59 Å². The molecule has 2 aromatic heterocycles. The van der Waals surface area contributed by atoms with Gasteiger partial charge in [-0.3, -0.25) is 10.1 Å². The van der Waals surface area contributed by atoms with Gasteiger partial charge in [-0.15, -0.1) is 0 Å². The van der Waals surface area contributed by atoms with E-state index in [4.69, 9.17) is 9.72 Å². The van der Waals surface area contributed by atoms with Crippen molar-refractivity contribution in [1.29, 1.82) is 0 Å². The molecule has 0 radical (unpaired) electrons. The van der Waals surface area contributed by atoms with Gasteiger partial charge in [0.05, 0.1) is 29.1 Å². The topological polar surface area (TPSA) is 81.2 Å². The molecule has 0 saturated carbocycles. The van der Waals surface area contributed by atoms with Gasteiger partial charge in [0.1, 0.15) is 4.88 Å². The lowest BCUT2D eigenvalue weighted by atomic mass is 10.0. The molecule has 0 aliphatic rings. The average molecular weight is 432 g/mol. The van der Waals surface area contributed by atoms with Crippen molar-refractivity contribution in [2.24, 2.45) is 0 Å². The van der Waals surface area contributed by atoms with E-state index < -0.39 is 5.97 Å². The van der Waals surface area contributed by atoms with Crippen molar-refractivity contribution in [3.05, 3.63) is 76.3 Å². The molecule has 2 aromatic carbocycles. The molecule has 0 saturated heterocycles. The van der Waals surface area contributed by atoms with Gasteiger partial charge in [-0.2, -0.15) is 0 Å². The fourth-order valence-electron chi connectivity index (χ4n) is 3.36. The van der Waals surface area contributed by atoms with Crippen LogP contribution in [0.25, 0.3) is 22.2 Å². The van der Waals surface area contributed by atoms with E-state index in [1.807, 2.05) is 55.5 Å². The normalized spacial score (nSPS) is 10.8. The molecule has 0 bridgehead atoms. The second-order valence-corrected chi connectivity index (χ2v) is 7.99. The second kappa shape index (κ2) is 8.65. The smallest absolute Gasteiger partial charge is 0.350 e.